The Morgan fingerprint density at radius 2 is 1.75 bits per heavy atom. The van der Waals surface area contributed by atoms with E-state index in [1.165, 1.54) is 0 Å². The molecule has 0 saturated heterocycles. The van der Waals surface area contributed by atoms with E-state index in [0.29, 0.717) is 0 Å². The highest BCUT2D eigenvalue weighted by Crippen LogP contribution is 2.26. The number of rotatable bonds is 3. The zero-order chi connectivity index (χ0) is 14.9. The minimum absolute atomic E-state index is 0.0994. The zero-order valence-electron chi connectivity index (χ0n) is 9.88. The van der Waals surface area contributed by atoms with Crippen molar-refractivity contribution in [3.8, 4) is 11.1 Å². The number of aromatic nitrogens is 1. The van der Waals surface area contributed by atoms with Gasteiger partial charge in [0.15, 0.2) is 0 Å². The van der Waals surface area contributed by atoms with Crippen LogP contribution in [0.4, 0.5) is 4.39 Å². The molecule has 0 atom stereocenters. The number of carboxylic acid groups (broad SMARTS) is 2. The fourth-order valence-electron chi connectivity index (χ4n) is 1.74. The third-order valence-corrected chi connectivity index (χ3v) is 2.66. The van der Waals surface area contributed by atoms with Crippen LogP contribution in [0.3, 0.4) is 0 Å². The van der Waals surface area contributed by atoms with Gasteiger partial charge in [0.2, 0.25) is 5.56 Å². The van der Waals surface area contributed by atoms with Gasteiger partial charge in [-0.1, -0.05) is 0 Å². The van der Waals surface area contributed by atoms with E-state index in [4.69, 9.17) is 10.2 Å². The molecule has 3 N–H and O–H groups in total. The van der Waals surface area contributed by atoms with E-state index in [1.807, 2.05) is 0 Å². The van der Waals surface area contributed by atoms with Crippen molar-refractivity contribution < 1.29 is 24.2 Å². The lowest BCUT2D eigenvalue weighted by molar-refractivity contribution is 0.0687. The van der Waals surface area contributed by atoms with Gasteiger partial charge in [-0.05, 0) is 18.2 Å². The smallest absolute Gasteiger partial charge is 0.336 e. The second-order valence-electron chi connectivity index (χ2n) is 3.93. The maximum atomic E-state index is 13.8. The van der Waals surface area contributed by atoms with Gasteiger partial charge in [0.25, 0.3) is 0 Å². The topological polar surface area (TPSA) is 107 Å². The number of H-pyrrole nitrogens is 1. The number of halogens is 1. The second-order valence-corrected chi connectivity index (χ2v) is 3.93. The molecule has 0 aliphatic carbocycles. The van der Waals surface area contributed by atoms with E-state index < -0.39 is 28.9 Å². The van der Waals surface area contributed by atoms with E-state index in [-0.39, 0.29) is 16.7 Å². The van der Waals surface area contributed by atoms with Crippen LogP contribution in [0.2, 0.25) is 0 Å². The molecular formula is C13H8FNO5. The molecular weight excluding hydrogens is 269 g/mol. The maximum absolute atomic E-state index is 13.8. The predicted molar refractivity (Wildman–Crippen MR) is 66.4 cm³/mol. The summed E-state index contributed by atoms with van der Waals surface area (Å²) in [6, 6.07) is 3.81. The molecule has 2 aromatic rings. The first-order valence-corrected chi connectivity index (χ1v) is 5.39. The van der Waals surface area contributed by atoms with E-state index in [9.17, 15) is 18.8 Å². The zero-order valence-corrected chi connectivity index (χ0v) is 9.88. The predicted octanol–water partition coefficient (Wildman–Crippen LogP) is 1.58. The maximum Gasteiger partial charge on any atom is 0.336 e. The molecule has 102 valence electrons. The summed E-state index contributed by atoms with van der Waals surface area (Å²) in [6.07, 6.45) is 1.04. The lowest BCUT2D eigenvalue weighted by Crippen LogP contribution is -2.11. The molecule has 0 bridgehead atoms. The van der Waals surface area contributed by atoms with Crippen molar-refractivity contribution in [2.24, 2.45) is 0 Å². The molecule has 0 aliphatic heterocycles. The molecule has 0 saturated carbocycles. The van der Waals surface area contributed by atoms with Crippen LogP contribution in [-0.4, -0.2) is 27.1 Å². The highest BCUT2D eigenvalue weighted by Gasteiger charge is 2.17. The van der Waals surface area contributed by atoms with E-state index in [1.54, 1.807) is 0 Å². The van der Waals surface area contributed by atoms with Gasteiger partial charge in [0.05, 0.1) is 11.1 Å². The summed E-state index contributed by atoms with van der Waals surface area (Å²) in [7, 11) is 0. The quantitative estimate of drug-likeness (QED) is 0.789. The van der Waals surface area contributed by atoms with Crippen molar-refractivity contribution in [2.45, 2.75) is 0 Å². The summed E-state index contributed by atoms with van der Waals surface area (Å²) >= 11 is 0. The summed E-state index contributed by atoms with van der Waals surface area (Å²) in [5, 5.41) is 17.9. The molecule has 20 heavy (non-hydrogen) atoms. The van der Waals surface area contributed by atoms with Gasteiger partial charge >= 0.3 is 11.9 Å². The van der Waals surface area contributed by atoms with E-state index >= 15 is 0 Å². The molecule has 0 radical (unpaired) electrons. The van der Waals surface area contributed by atoms with Gasteiger partial charge in [0.1, 0.15) is 5.82 Å². The molecule has 1 heterocycles. The van der Waals surface area contributed by atoms with Crippen molar-refractivity contribution in [3.05, 3.63) is 57.8 Å². The highest BCUT2D eigenvalue weighted by molar-refractivity contribution is 5.97. The van der Waals surface area contributed by atoms with Crippen LogP contribution < -0.4 is 5.56 Å². The van der Waals surface area contributed by atoms with Crippen molar-refractivity contribution in [1.29, 1.82) is 0 Å². The Hall–Kier alpha value is -2.96. The molecule has 7 heteroatoms. The monoisotopic (exact) mass is 277 g/mol. The average molecular weight is 277 g/mol. The molecule has 1 aromatic heterocycles. The van der Waals surface area contributed by atoms with E-state index in [0.717, 1.165) is 30.5 Å². The number of pyridine rings is 1. The van der Waals surface area contributed by atoms with Gasteiger partial charge in [0, 0.05) is 23.4 Å². The van der Waals surface area contributed by atoms with Crippen LogP contribution in [0.15, 0.2) is 35.3 Å². The van der Waals surface area contributed by atoms with Crippen molar-refractivity contribution >= 4 is 11.9 Å². The van der Waals surface area contributed by atoms with Gasteiger partial charge in [-0.25, -0.2) is 14.0 Å². The first-order chi connectivity index (χ1) is 9.40. The first-order valence-electron chi connectivity index (χ1n) is 5.39. The number of carboxylic acids is 2. The van der Waals surface area contributed by atoms with Crippen LogP contribution in [-0.2, 0) is 0 Å². The minimum atomic E-state index is -1.41. The van der Waals surface area contributed by atoms with Crippen molar-refractivity contribution in [1.82, 2.24) is 4.98 Å². The lowest BCUT2D eigenvalue weighted by Gasteiger charge is -2.07. The number of hydrogen-bond donors (Lipinski definition) is 3. The number of nitrogens with one attached hydrogen (secondary N) is 1. The molecule has 2 rings (SSSR count). The Labute approximate surface area is 111 Å². The number of aromatic amines is 1. The standard InChI is InChI=1S/C13H8FNO5/c14-10-2-1-6(12(17)18)3-7(10)9-5-15-11(16)4-8(9)13(19)20/h1-5H,(H,15,16)(H,17,18)(H,19,20). The average Bonchev–Trinajstić information content (AvgIpc) is 2.39. The van der Waals surface area contributed by atoms with Gasteiger partial charge < -0.3 is 15.2 Å². The minimum Gasteiger partial charge on any atom is -0.478 e. The van der Waals surface area contributed by atoms with Crippen LogP contribution in [0.5, 0.6) is 0 Å². The summed E-state index contributed by atoms with van der Waals surface area (Å²) in [4.78, 5) is 35.3. The molecule has 0 spiro atoms. The SMILES string of the molecule is O=C(O)c1ccc(F)c(-c2c[nH]c(=O)cc2C(=O)O)c1. The van der Waals surface area contributed by atoms with Crippen LogP contribution >= 0.6 is 0 Å². The van der Waals surface area contributed by atoms with Crippen LogP contribution in [0.25, 0.3) is 11.1 Å². The van der Waals surface area contributed by atoms with E-state index in [2.05, 4.69) is 4.98 Å². The number of aromatic carboxylic acids is 2. The number of benzene rings is 1. The second kappa shape index (κ2) is 4.96. The lowest BCUT2D eigenvalue weighted by atomic mass is 9.99. The molecule has 0 unspecified atom stereocenters. The molecule has 6 nitrogen and oxygen atoms in total. The summed E-state index contributed by atoms with van der Waals surface area (Å²) < 4.78 is 13.8. The van der Waals surface area contributed by atoms with Crippen LogP contribution in [0, 0.1) is 5.82 Å². The Balaban J connectivity index is 2.74. The number of hydrogen-bond acceptors (Lipinski definition) is 3. The molecule has 0 amide bonds. The van der Waals surface area contributed by atoms with Gasteiger partial charge in [-0.15, -0.1) is 0 Å². The Bertz CT molecular complexity index is 766. The van der Waals surface area contributed by atoms with Crippen molar-refractivity contribution in [2.75, 3.05) is 0 Å². The van der Waals surface area contributed by atoms with Gasteiger partial charge in [-0.2, -0.15) is 0 Å². The third kappa shape index (κ3) is 2.41. The number of carbonyl (C=O) groups is 2. The normalized spacial score (nSPS) is 10.2. The van der Waals surface area contributed by atoms with Crippen LogP contribution in [0.1, 0.15) is 20.7 Å². The summed E-state index contributed by atoms with van der Waals surface area (Å²) in [5.74, 6) is -3.47. The summed E-state index contributed by atoms with van der Waals surface area (Å²) in [5.41, 5.74) is -1.56. The Morgan fingerprint density at radius 1 is 1.05 bits per heavy atom. The largest absolute Gasteiger partial charge is 0.478 e. The first kappa shape index (κ1) is 13.5. The molecule has 1 aromatic carbocycles. The highest BCUT2D eigenvalue weighted by atomic mass is 19.1. The Kier molecular flexibility index (Phi) is 3.34. The van der Waals surface area contributed by atoms with Gasteiger partial charge in [-0.3, -0.25) is 4.79 Å². The molecule has 0 fully saturated rings. The third-order valence-electron chi connectivity index (χ3n) is 2.66. The summed E-state index contributed by atoms with van der Waals surface area (Å²) in [6.45, 7) is 0. The van der Waals surface area contributed by atoms with Crippen molar-refractivity contribution in [3.63, 3.8) is 0 Å². The molecule has 0 aliphatic rings. The Morgan fingerprint density at radius 3 is 2.35 bits per heavy atom. The fraction of sp³-hybridized carbons (Fsp3) is 0. The fourth-order valence-corrected chi connectivity index (χ4v) is 1.74.